The Balaban J connectivity index is 1.93. The monoisotopic (exact) mass is 347 g/mol. The van der Waals surface area contributed by atoms with Gasteiger partial charge in [-0.1, -0.05) is 50.2 Å². The van der Waals surface area contributed by atoms with Crippen molar-refractivity contribution in [2.75, 3.05) is 13.7 Å². The van der Waals surface area contributed by atoms with Crippen LogP contribution >= 0.6 is 15.9 Å². The van der Waals surface area contributed by atoms with Crippen LogP contribution in [0.5, 0.6) is 5.75 Å². The molecule has 0 unspecified atom stereocenters. The van der Waals surface area contributed by atoms with Gasteiger partial charge in [-0.25, -0.2) is 0 Å². The average molecular weight is 348 g/mol. The molecule has 0 aliphatic heterocycles. The number of halogens is 1. The van der Waals surface area contributed by atoms with Crippen LogP contribution in [0.1, 0.15) is 25.0 Å². The SMILES string of the molecule is COc1ccc(CNCC(C)(C)c2ccccc2)cc1Br. The van der Waals surface area contributed by atoms with E-state index in [9.17, 15) is 0 Å². The van der Waals surface area contributed by atoms with E-state index < -0.39 is 0 Å². The second-order valence-corrected chi connectivity index (χ2v) is 6.68. The van der Waals surface area contributed by atoms with E-state index in [-0.39, 0.29) is 5.41 Å². The molecular weight excluding hydrogens is 326 g/mol. The molecule has 2 rings (SSSR count). The number of ether oxygens (including phenoxy) is 1. The zero-order valence-electron chi connectivity index (χ0n) is 12.8. The largest absolute Gasteiger partial charge is 0.496 e. The topological polar surface area (TPSA) is 21.3 Å². The molecule has 0 aliphatic rings. The fourth-order valence-corrected chi connectivity index (χ4v) is 2.92. The molecule has 2 aromatic rings. The van der Waals surface area contributed by atoms with E-state index in [0.29, 0.717) is 0 Å². The number of hydrogen-bond acceptors (Lipinski definition) is 2. The first-order chi connectivity index (χ1) is 10.0. The Bertz CT molecular complexity index is 581. The van der Waals surface area contributed by atoms with Crippen molar-refractivity contribution < 1.29 is 4.74 Å². The van der Waals surface area contributed by atoms with Gasteiger partial charge in [-0.15, -0.1) is 0 Å². The van der Waals surface area contributed by atoms with Crippen LogP contribution in [-0.4, -0.2) is 13.7 Å². The summed E-state index contributed by atoms with van der Waals surface area (Å²) in [7, 11) is 1.68. The summed E-state index contributed by atoms with van der Waals surface area (Å²) in [4.78, 5) is 0. The number of nitrogens with one attached hydrogen (secondary N) is 1. The van der Waals surface area contributed by atoms with Crippen molar-refractivity contribution in [3.8, 4) is 5.75 Å². The van der Waals surface area contributed by atoms with Crippen molar-refractivity contribution >= 4 is 15.9 Å². The van der Waals surface area contributed by atoms with E-state index in [1.54, 1.807) is 7.11 Å². The number of benzene rings is 2. The highest BCUT2D eigenvalue weighted by molar-refractivity contribution is 9.10. The van der Waals surface area contributed by atoms with Gasteiger partial charge in [-0.05, 0) is 39.2 Å². The van der Waals surface area contributed by atoms with Gasteiger partial charge in [-0.3, -0.25) is 0 Å². The fraction of sp³-hybridized carbons (Fsp3) is 0.333. The molecule has 0 aliphatic carbocycles. The Labute approximate surface area is 135 Å². The van der Waals surface area contributed by atoms with Gasteiger partial charge in [-0.2, -0.15) is 0 Å². The first-order valence-corrected chi connectivity index (χ1v) is 7.91. The smallest absolute Gasteiger partial charge is 0.133 e. The lowest BCUT2D eigenvalue weighted by Gasteiger charge is -2.26. The van der Waals surface area contributed by atoms with Crippen molar-refractivity contribution in [1.82, 2.24) is 5.32 Å². The lowest BCUT2D eigenvalue weighted by molar-refractivity contribution is 0.411. The Morgan fingerprint density at radius 3 is 2.43 bits per heavy atom. The summed E-state index contributed by atoms with van der Waals surface area (Å²) in [6.45, 7) is 6.30. The molecule has 0 aromatic heterocycles. The molecule has 1 N–H and O–H groups in total. The van der Waals surface area contributed by atoms with Crippen LogP contribution in [0.2, 0.25) is 0 Å². The van der Waals surface area contributed by atoms with Gasteiger partial charge < -0.3 is 10.1 Å². The minimum atomic E-state index is 0.116. The van der Waals surface area contributed by atoms with E-state index in [2.05, 4.69) is 77.6 Å². The maximum Gasteiger partial charge on any atom is 0.133 e. The highest BCUT2D eigenvalue weighted by atomic mass is 79.9. The third kappa shape index (κ3) is 4.32. The van der Waals surface area contributed by atoms with E-state index in [1.165, 1.54) is 11.1 Å². The molecule has 2 aromatic carbocycles. The van der Waals surface area contributed by atoms with Crippen LogP contribution < -0.4 is 10.1 Å². The van der Waals surface area contributed by atoms with E-state index in [0.717, 1.165) is 23.3 Å². The van der Waals surface area contributed by atoms with Crippen molar-refractivity contribution in [3.05, 3.63) is 64.1 Å². The van der Waals surface area contributed by atoms with Crippen molar-refractivity contribution in [1.29, 1.82) is 0 Å². The van der Waals surface area contributed by atoms with Gasteiger partial charge >= 0.3 is 0 Å². The predicted molar refractivity (Wildman–Crippen MR) is 91.9 cm³/mol. The van der Waals surface area contributed by atoms with E-state index >= 15 is 0 Å². The van der Waals surface area contributed by atoms with Gasteiger partial charge in [0.2, 0.25) is 0 Å². The first-order valence-electron chi connectivity index (χ1n) is 7.11. The second-order valence-electron chi connectivity index (χ2n) is 5.82. The summed E-state index contributed by atoms with van der Waals surface area (Å²) >= 11 is 3.52. The zero-order chi connectivity index (χ0) is 15.3. The molecule has 0 heterocycles. The van der Waals surface area contributed by atoms with Crippen LogP contribution in [0.3, 0.4) is 0 Å². The number of hydrogen-bond donors (Lipinski definition) is 1. The van der Waals surface area contributed by atoms with Crippen molar-refractivity contribution in [2.24, 2.45) is 0 Å². The lowest BCUT2D eigenvalue weighted by Crippen LogP contribution is -2.32. The summed E-state index contributed by atoms with van der Waals surface area (Å²) in [6.07, 6.45) is 0. The molecule has 0 atom stereocenters. The second kappa shape index (κ2) is 7.10. The maximum atomic E-state index is 5.25. The minimum Gasteiger partial charge on any atom is -0.496 e. The Morgan fingerprint density at radius 2 is 1.81 bits per heavy atom. The summed E-state index contributed by atoms with van der Waals surface area (Å²) in [5.74, 6) is 0.864. The Hall–Kier alpha value is -1.32. The zero-order valence-corrected chi connectivity index (χ0v) is 14.4. The fourth-order valence-electron chi connectivity index (χ4n) is 2.33. The van der Waals surface area contributed by atoms with Crippen LogP contribution in [0.15, 0.2) is 53.0 Å². The molecule has 0 spiro atoms. The molecule has 0 radical (unpaired) electrons. The van der Waals surface area contributed by atoms with E-state index in [1.807, 2.05) is 6.07 Å². The van der Waals surface area contributed by atoms with Crippen molar-refractivity contribution in [3.63, 3.8) is 0 Å². The van der Waals surface area contributed by atoms with Gasteiger partial charge in [0, 0.05) is 18.5 Å². The molecule has 2 nitrogen and oxygen atoms in total. The molecular formula is C18H22BrNO. The summed E-state index contributed by atoms with van der Waals surface area (Å²) < 4.78 is 6.24. The average Bonchev–Trinajstić information content (AvgIpc) is 2.48. The van der Waals surface area contributed by atoms with Gasteiger partial charge in [0.05, 0.1) is 11.6 Å². The van der Waals surface area contributed by atoms with Crippen molar-refractivity contribution in [2.45, 2.75) is 25.8 Å². The Morgan fingerprint density at radius 1 is 1.10 bits per heavy atom. The minimum absolute atomic E-state index is 0.116. The van der Waals surface area contributed by atoms with Crippen LogP contribution in [0, 0.1) is 0 Å². The molecule has 112 valence electrons. The standard InChI is InChI=1S/C18H22BrNO/c1-18(2,15-7-5-4-6-8-15)13-20-12-14-9-10-17(21-3)16(19)11-14/h4-11,20H,12-13H2,1-3H3. The Kier molecular flexibility index (Phi) is 5.43. The van der Waals surface area contributed by atoms with E-state index in [4.69, 9.17) is 4.74 Å². The molecule has 3 heteroatoms. The molecule has 0 amide bonds. The van der Waals surface area contributed by atoms with Gasteiger partial charge in [0.25, 0.3) is 0 Å². The lowest BCUT2D eigenvalue weighted by atomic mass is 9.84. The van der Waals surface area contributed by atoms with Gasteiger partial charge in [0.1, 0.15) is 5.75 Å². The summed E-state index contributed by atoms with van der Waals surface area (Å²) in [6, 6.07) is 16.8. The van der Waals surface area contributed by atoms with Crippen LogP contribution in [0.4, 0.5) is 0 Å². The predicted octanol–water partition coefficient (Wildman–Crippen LogP) is 4.53. The summed E-state index contributed by atoms with van der Waals surface area (Å²) in [5.41, 5.74) is 2.71. The quantitative estimate of drug-likeness (QED) is 0.828. The highest BCUT2D eigenvalue weighted by Gasteiger charge is 2.19. The third-order valence-corrected chi connectivity index (χ3v) is 4.29. The number of rotatable bonds is 6. The molecule has 0 saturated carbocycles. The third-order valence-electron chi connectivity index (χ3n) is 3.67. The molecule has 0 fully saturated rings. The van der Waals surface area contributed by atoms with Crippen LogP contribution in [-0.2, 0) is 12.0 Å². The first kappa shape index (κ1) is 16.1. The van der Waals surface area contributed by atoms with Gasteiger partial charge in [0.15, 0.2) is 0 Å². The normalized spacial score (nSPS) is 11.4. The molecule has 21 heavy (non-hydrogen) atoms. The highest BCUT2D eigenvalue weighted by Crippen LogP contribution is 2.26. The number of methoxy groups -OCH3 is 1. The van der Waals surface area contributed by atoms with Crippen LogP contribution in [0.25, 0.3) is 0 Å². The molecule has 0 saturated heterocycles. The maximum absolute atomic E-state index is 5.25. The molecule has 0 bridgehead atoms. The summed E-state index contributed by atoms with van der Waals surface area (Å²) in [5, 5.41) is 3.54.